The Balaban J connectivity index is 1.81. The number of benzene rings is 2. The second-order valence-corrected chi connectivity index (χ2v) is 10.4. The second-order valence-electron chi connectivity index (χ2n) is 7.89. The standard InChI is InChI=1S/C24H27Cl2N3O5S/c1-16-19(26)6-5-7-23(16)35(30,31)28-24-22(13-18(25)14-27-24)34-15-17-8-9-20(32-4)21(12-17)33-11-10-29(2)3/h5-9,12-14H,10-11,15H2,1-4H3,(H,27,28). The summed E-state index contributed by atoms with van der Waals surface area (Å²) >= 11 is 12.2. The van der Waals surface area contributed by atoms with Gasteiger partial charge in [-0.25, -0.2) is 13.4 Å². The predicted molar refractivity (Wildman–Crippen MR) is 138 cm³/mol. The van der Waals surface area contributed by atoms with Crippen molar-refractivity contribution in [3.05, 3.63) is 69.8 Å². The molecule has 188 valence electrons. The Morgan fingerprint density at radius 2 is 1.80 bits per heavy atom. The lowest BCUT2D eigenvalue weighted by atomic mass is 10.2. The minimum atomic E-state index is -3.98. The molecule has 0 aliphatic carbocycles. The predicted octanol–water partition coefficient (Wildman–Crippen LogP) is 5.03. The molecule has 0 atom stereocenters. The van der Waals surface area contributed by atoms with Crippen LogP contribution in [0.15, 0.2) is 53.6 Å². The number of hydrogen-bond acceptors (Lipinski definition) is 7. The summed E-state index contributed by atoms with van der Waals surface area (Å²) in [5.41, 5.74) is 1.21. The van der Waals surface area contributed by atoms with E-state index in [0.717, 1.165) is 12.1 Å². The molecular weight excluding hydrogens is 513 g/mol. The first kappa shape index (κ1) is 26.9. The molecule has 2 aromatic carbocycles. The van der Waals surface area contributed by atoms with Gasteiger partial charge in [0.25, 0.3) is 10.0 Å². The Labute approximate surface area is 215 Å². The molecule has 0 fully saturated rings. The monoisotopic (exact) mass is 539 g/mol. The Morgan fingerprint density at radius 3 is 2.51 bits per heavy atom. The number of ether oxygens (including phenoxy) is 3. The van der Waals surface area contributed by atoms with Gasteiger partial charge in [-0.15, -0.1) is 0 Å². The van der Waals surface area contributed by atoms with E-state index >= 15 is 0 Å². The molecule has 35 heavy (non-hydrogen) atoms. The maximum atomic E-state index is 13.0. The number of aromatic nitrogens is 1. The van der Waals surface area contributed by atoms with Crippen molar-refractivity contribution in [2.75, 3.05) is 39.1 Å². The Kier molecular flexibility index (Phi) is 9.07. The van der Waals surface area contributed by atoms with Crippen molar-refractivity contribution in [1.82, 2.24) is 9.88 Å². The van der Waals surface area contributed by atoms with Crippen molar-refractivity contribution in [3.8, 4) is 17.2 Å². The van der Waals surface area contributed by atoms with Gasteiger partial charge in [-0.2, -0.15) is 0 Å². The van der Waals surface area contributed by atoms with Crippen LogP contribution >= 0.6 is 23.2 Å². The highest BCUT2D eigenvalue weighted by atomic mass is 35.5. The van der Waals surface area contributed by atoms with Crippen LogP contribution in [0.1, 0.15) is 11.1 Å². The van der Waals surface area contributed by atoms with Crippen LogP contribution in [0.5, 0.6) is 17.2 Å². The van der Waals surface area contributed by atoms with E-state index in [1.807, 2.05) is 31.1 Å². The topological polar surface area (TPSA) is 90.0 Å². The van der Waals surface area contributed by atoms with Crippen LogP contribution in [-0.4, -0.2) is 52.7 Å². The van der Waals surface area contributed by atoms with Gasteiger partial charge < -0.3 is 19.1 Å². The zero-order chi connectivity index (χ0) is 25.6. The Morgan fingerprint density at radius 1 is 1.03 bits per heavy atom. The van der Waals surface area contributed by atoms with E-state index in [4.69, 9.17) is 37.4 Å². The molecule has 0 aliphatic heterocycles. The van der Waals surface area contributed by atoms with E-state index in [-0.39, 0.29) is 23.1 Å². The molecule has 0 bridgehead atoms. The number of anilines is 1. The summed E-state index contributed by atoms with van der Waals surface area (Å²) in [6.45, 7) is 2.97. The molecule has 1 aromatic heterocycles. The van der Waals surface area contributed by atoms with Crippen molar-refractivity contribution in [2.45, 2.75) is 18.4 Å². The van der Waals surface area contributed by atoms with Crippen molar-refractivity contribution >= 4 is 39.0 Å². The Bertz CT molecular complexity index is 1290. The van der Waals surface area contributed by atoms with Crippen LogP contribution in [0.3, 0.4) is 0 Å². The van der Waals surface area contributed by atoms with Crippen LogP contribution in [0.4, 0.5) is 5.82 Å². The number of sulfonamides is 1. The number of halogens is 2. The van der Waals surface area contributed by atoms with E-state index in [9.17, 15) is 8.42 Å². The maximum Gasteiger partial charge on any atom is 0.263 e. The SMILES string of the molecule is COc1ccc(COc2cc(Cl)cnc2NS(=O)(=O)c2cccc(Cl)c2C)cc1OCCN(C)C. The van der Waals surface area contributed by atoms with Gasteiger partial charge in [-0.3, -0.25) is 4.72 Å². The largest absolute Gasteiger partial charge is 0.493 e. The van der Waals surface area contributed by atoms with E-state index < -0.39 is 10.0 Å². The fourth-order valence-corrected chi connectivity index (χ4v) is 4.76. The highest BCUT2D eigenvalue weighted by molar-refractivity contribution is 7.92. The first-order valence-electron chi connectivity index (χ1n) is 10.6. The maximum absolute atomic E-state index is 13.0. The third-order valence-corrected chi connectivity index (χ3v) is 7.08. The molecule has 0 spiro atoms. The molecule has 0 unspecified atom stereocenters. The van der Waals surface area contributed by atoms with Crippen LogP contribution in [0, 0.1) is 6.92 Å². The van der Waals surface area contributed by atoms with E-state index in [1.165, 1.54) is 18.3 Å². The lowest BCUT2D eigenvalue weighted by Gasteiger charge is -2.16. The third kappa shape index (κ3) is 7.14. The Hall–Kier alpha value is -2.72. The molecule has 1 heterocycles. The lowest BCUT2D eigenvalue weighted by molar-refractivity contribution is 0.249. The van der Waals surface area contributed by atoms with Gasteiger partial charge in [0, 0.05) is 23.8 Å². The highest BCUT2D eigenvalue weighted by Gasteiger charge is 2.21. The van der Waals surface area contributed by atoms with Gasteiger partial charge in [-0.1, -0.05) is 35.3 Å². The number of pyridine rings is 1. The molecule has 0 amide bonds. The summed E-state index contributed by atoms with van der Waals surface area (Å²) in [6.07, 6.45) is 1.33. The van der Waals surface area contributed by atoms with E-state index in [0.29, 0.717) is 33.7 Å². The van der Waals surface area contributed by atoms with Crippen molar-refractivity contribution < 1.29 is 22.6 Å². The van der Waals surface area contributed by atoms with Crippen molar-refractivity contribution in [3.63, 3.8) is 0 Å². The van der Waals surface area contributed by atoms with E-state index in [1.54, 1.807) is 32.2 Å². The average molecular weight is 540 g/mol. The van der Waals surface area contributed by atoms with Gasteiger partial charge in [0.2, 0.25) is 0 Å². The normalized spacial score (nSPS) is 11.4. The third-order valence-electron chi connectivity index (χ3n) is 4.98. The van der Waals surface area contributed by atoms with Gasteiger partial charge in [0.15, 0.2) is 23.1 Å². The molecule has 0 saturated carbocycles. The summed E-state index contributed by atoms with van der Waals surface area (Å²) in [7, 11) is 1.52. The molecule has 0 saturated heterocycles. The highest BCUT2D eigenvalue weighted by Crippen LogP contribution is 2.32. The number of nitrogens with zero attached hydrogens (tertiary/aromatic N) is 2. The number of nitrogens with one attached hydrogen (secondary N) is 1. The molecular formula is C24H27Cl2N3O5S. The first-order chi connectivity index (χ1) is 16.6. The quantitative estimate of drug-likeness (QED) is 0.365. The van der Waals surface area contributed by atoms with Crippen LogP contribution < -0.4 is 18.9 Å². The molecule has 11 heteroatoms. The zero-order valence-electron chi connectivity index (χ0n) is 19.8. The fraction of sp³-hybridized carbons (Fsp3) is 0.292. The number of hydrogen-bond donors (Lipinski definition) is 1. The summed E-state index contributed by atoms with van der Waals surface area (Å²) in [5, 5.41) is 0.640. The average Bonchev–Trinajstić information content (AvgIpc) is 2.80. The van der Waals surface area contributed by atoms with Gasteiger partial charge in [-0.05, 0) is 56.4 Å². The van der Waals surface area contributed by atoms with Gasteiger partial charge in [0.05, 0.1) is 17.0 Å². The summed E-state index contributed by atoms with van der Waals surface area (Å²) in [5.74, 6) is 1.36. The molecule has 0 aliphatic rings. The van der Waals surface area contributed by atoms with Crippen molar-refractivity contribution in [2.24, 2.45) is 0 Å². The second kappa shape index (κ2) is 11.8. The molecule has 8 nitrogen and oxygen atoms in total. The molecule has 1 N–H and O–H groups in total. The lowest BCUT2D eigenvalue weighted by Crippen LogP contribution is -2.19. The minimum Gasteiger partial charge on any atom is -0.493 e. The molecule has 0 radical (unpaired) electrons. The van der Waals surface area contributed by atoms with E-state index in [2.05, 4.69) is 9.71 Å². The fourth-order valence-electron chi connectivity index (χ4n) is 3.09. The van der Waals surface area contributed by atoms with Crippen LogP contribution in [0.2, 0.25) is 10.0 Å². The zero-order valence-corrected chi connectivity index (χ0v) is 22.2. The minimum absolute atomic E-state index is 0.00439. The van der Waals surface area contributed by atoms with Crippen LogP contribution in [-0.2, 0) is 16.6 Å². The summed E-state index contributed by atoms with van der Waals surface area (Å²) in [4.78, 5) is 6.18. The molecule has 3 aromatic rings. The number of methoxy groups -OCH3 is 1. The van der Waals surface area contributed by atoms with Crippen molar-refractivity contribution in [1.29, 1.82) is 0 Å². The van der Waals surface area contributed by atoms with Crippen LogP contribution in [0.25, 0.3) is 0 Å². The number of rotatable bonds is 11. The summed E-state index contributed by atoms with van der Waals surface area (Å²) < 4.78 is 45.6. The summed E-state index contributed by atoms with van der Waals surface area (Å²) in [6, 6.07) is 11.6. The van der Waals surface area contributed by atoms with Gasteiger partial charge in [0.1, 0.15) is 13.2 Å². The van der Waals surface area contributed by atoms with Gasteiger partial charge >= 0.3 is 0 Å². The molecule has 3 rings (SSSR count). The number of likely N-dealkylation sites (N-methyl/N-ethyl adjacent to an activating group) is 1. The first-order valence-corrected chi connectivity index (χ1v) is 12.9. The smallest absolute Gasteiger partial charge is 0.263 e.